The first-order valence-electron chi connectivity index (χ1n) is 10.4. The number of methoxy groups -OCH3 is 1. The van der Waals surface area contributed by atoms with Gasteiger partial charge in [-0.1, -0.05) is 13.8 Å². The summed E-state index contributed by atoms with van der Waals surface area (Å²) in [7, 11) is 1.96. The third-order valence-corrected chi connectivity index (χ3v) is 10.3. The molecule has 5 aliphatic carbocycles. The third-order valence-electron chi connectivity index (χ3n) is 10.3. The van der Waals surface area contributed by atoms with Crippen LogP contribution in [-0.2, 0) is 9.53 Å². The molecular weight excluding hydrogens is 296 g/mol. The summed E-state index contributed by atoms with van der Waals surface area (Å²) in [5, 5.41) is 0. The van der Waals surface area contributed by atoms with Crippen molar-refractivity contribution in [1.82, 2.24) is 0 Å². The minimum absolute atomic E-state index is 0.272. The molecule has 2 heteroatoms. The molecule has 5 rings (SSSR count). The van der Waals surface area contributed by atoms with E-state index < -0.39 is 0 Å². The summed E-state index contributed by atoms with van der Waals surface area (Å²) in [6.07, 6.45) is 11.1. The van der Waals surface area contributed by atoms with Crippen molar-refractivity contribution in [3.05, 3.63) is 0 Å². The highest BCUT2D eigenvalue weighted by atomic mass is 16.5. The smallest absolute Gasteiger partial charge is 0.133 e. The number of Topliss-reactive ketones (excluding diaryl/α,β-unsaturated/α-hetero) is 1. The van der Waals surface area contributed by atoms with Gasteiger partial charge in [0, 0.05) is 18.4 Å². The van der Waals surface area contributed by atoms with Crippen LogP contribution in [0.4, 0.5) is 0 Å². The van der Waals surface area contributed by atoms with Crippen molar-refractivity contribution < 1.29 is 9.53 Å². The molecule has 24 heavy (non-hydrogen) atoms. The van der Waals surface area contributed by atoms with Crippen LogP contribution < -0.4 is 0 Å². The Kier molecular flexibility index (Phi) is 3.08. The Balaban J connectivity index is 1.53. The monoisotopic (exact) mass is 330 g/mol. The normalized spacial score (nSPS) is 60.8. The van der Waals surface area contributed by atoms with Crippen LogP contribution in [0.3, 0.4) is 0 Å². The van der Waals surface area contributed by atoms with Crippen LogP contribution in [0.2, 0.25) is 0 Å². The fourth-order valence-corrected chi connectivity index (χ4v) is 9.25. The first-order chi connectivity index (χ1) is 11.4. The molecule has 2 nitrogen and oxygen atoms in total. The summed E-state index contributed by atoms with van der Waals surface area (Å²) in [5.74, 6) is 4.17. The number of rotatable bonds is 2. The molecule has 0 aromatic heterocycles. The molecular formula is C22H34O2. The summed E-state index contributed by atoms with van der Waals surface area (Å²) < 4.78 is 6.15. The predicted molar refractivity (Wildman–Crippen MR) is 94.5 cm³/mol. The third kappa shape index (κ3) is 1.57. The van der Waals surface area contributed by atoms with Crippen molar-refractivity contribution in [2.24, 2.45) is 45.8 Å². The number of ether oxygens (including phenoxy) is 1. The maximum absolute atomic E-state index is 12.3. The van der Waals surface area contributed by atoms with Crippen molar-refractivity contribution in [2.45, 2.75) is 78.2 Å². The SMILES string of the molecule is CO[C@@H]1C[C@@H]2[C@@H]3CC[C@H](C(C)=O)[C@]3(C)CC[C@@H]2[C@@]2(C)CC[C@@H]3C[C@]312. The van der Waals surface area contributed by atoms with Gasteiger partial charge in [0.15, 0.2) is 0 Å². The van der Waals surface area contributed by atoms with Gasteiger partial charge in [0.25, 0.3) is 0 Å². The number of fused-ring (bicyclic) bond motifs is 4. The number of carbonyl (C=O) groups excluding carboxylic acids is 1. The quantitative estimate of drug-likeness (QED) is 0.723. The lowest BCUT2D eigenvalue weighted by Gasteiger charge is -2.60. The molecule has 0 aliphatic heterocycles. The fourth-order valence-electron chi connectivity index (χ4n) is 9.25. The Morgan fingerprint density at radius 3 is 2.50 bits per heavy atom. The summed E-state index contributed by atoms with van der Waals surface area (Å²) >= 11 is 0. The summed E-state index contributed by atoms with van der Waals surface area (Å²) in [4.78, 5) is 12.3. The molecule has 0 radical (unpaired) electrons. The Hall–Kier alpha value is -0.370. The Morgan fingerprint density at radius 2 is 1.83 bits per heavy atom. The van der Waals surface area contributed by atoms with Crippen LogP contribution in [-0.4, -0.2) is 19.0 Å². The first-order valence-corrected chi connectivity index (χ1v) is 10.4. The molecule has 0 saturated heterocycles. The zero-order valence-corrected chi connectivity index (χ0v) is 15.9. The minimum atomic E-state index is 0.272. The molecule has 1 spiro atoms. The molecule has 0 N–H and O–H groups in total. The molecule has 5 fully saturated rings. The molecule has 5 saturated carbocycles. The molecule has 0 unspecified atom stereocenters. The van der Waals surface area contributed by atoms with Crippen molar-refractivity contribution in [3.8, 4) is 0 Å². The summed E-state index contributed by atoms with van der Waals surface area (Å²) in [6, 6.07) is 0. The van der Waals surface area contributed by atoms with Crippen LogP contribution in [0.25, 0.3) is 0 Å². The second-order valence-corrected chi connectivity index (χ2v) is 10.5. The molecule has 0 heterocycles. The number of hydrogen-bond acceptors (Lipinski definition) is 2. The molecule has 0 bridgehead atoms. The summed E-state index contributed by atoms with van der Waals surface area (Å²) in [6.45, 7) is 6.92. The van der Waals surface area contributed by atoms with Gasteiger partial charge in [-0.2, -0.15) is 0 Å². The molecule has 0 aromatic carbocycles. The lowest BCUT2D eigenvalue weighted by molar-refractivity contribution is -0.161. The van der Waals surface area contributed by atoms with E-state index in [0.717, 1.165) is 30.1 Å². The van der Waals surface area contributed by atoms with E-state index in [1.807, 2.05) is 14.0 Å². The highest BCUT2D eigenvalue weighted by Gasteiger charge is 2.77. The van der Waals surface area contributed by atoms with Crippen molar-refractivity contribution >= 4 is 5.78 Å². The van der Waals surface area contributed by atoms with Gasteiger partial charge in [0.1, 0.15) is 5.78 Å². The van der Waals surface area contributed by atoms with Gasteiger partial charge >= 0.3 is 0 Å². The second-order valence-electron chi connectivity index (χ2n) is 10.5. The standard InChI is InChI=1S/C22H34O2/c1-13(23)16-5-6-17-15-11-19(24-4)22-12-14(22)7-10-21(22,3)18(15)8-9-20(16,17)2/h14-19H,5-12H2,1-4H3/t14-,15-,16-,17+,18+,19-,20+,21-,22+/m1/s1. The number of hydrogen-bond donors (Lipinski definition) is 0. The number of ketones is 1. The van der Waals surface area contributed by atoms with E-state index in [1.165, 1.54) is 44.9 Å². The Bertz CT molecular complexity index is 585. The van der Waals surface area contributed by atoms with Crippen LogP contribution in [0.1, 0.15) is 72.1 Å². The van der Waals surface area contributed by atoms with Crippen LogP contribution >= 0.6 is 0 Å². The maximum atomic E-state index is 12.3. The van der Waals surface area contributed by atoms with Crippen LogP contribution in [0.15, 0.2) is 0 Å². The molecule has 134 valence electrons. The zero-order valence-electron chi connectivity index (χ0n) is 15.9. The topological polar surface area (TPSA) is 26.3 Å². The zero-order chi connectivity index (χ0) is 16.9. The number of carbonyl (C=O) groups is 1. The van der Waals surface area contributed by atoms with Gasteiger partial charge in [-0.3, -0.25) is 4.79 Å². The van der Waals surface area contributed by atoms with Gasteiger partial charge in [0.2, 0.25) is 0 Å². The molecule has 5 aliphatic rings. The van der Waals surface area contributed by atoms with E-state index >= 15 is 0 Å². The van der Waals surface area contributed by atoms with E-state index in [4.69, 9.17) is 4.74 Å². The summed E-state index contributed by atoms with van der Waals surface area (Å²) in [5.41, 5.74) is 1.31. The molecule has 0 aromatic rings. The molecule has 0 amide bonds. The van der Waals surface area contributed by atoms with Gasteiger partial charge < -0.3 is 4.74 Å². The maximum Gasteiger partial charge on any atom is 0.133 e. The van der Waals surface area contributed by atoms with Crippen molar-refractivity contribution in [2.75, 3.05) is 7.11 Å². The lowest BCUT2D eigenvalue weighted by atomic mass is 9.45. The fraction of sp³-hybridized carbons (Fsp3) is 0.955. The first kappa shape index (κ1) is 15.9. The largest absolute Gasteiger partial charge is 0.381 e. The average molecular weight is 331 g/mol. The van der Waals surface area contributed by atoms with E-state index in [2.05, 4.69) is 13.8 Å². The van der Waals surface area contributed by atoms with E-state index in [0.29, 0.717) is 28.6 Å². The van der Waals surface area contributed by atoms with Gasteiger partial charge in [-0.25, -0.2) is 0 Å². The Morgan fingerprint density at radius 1 is 1.04 bits per heavy atom. The van der Waals surface area contributed by atoms with Crippen molar-refractivity contribution in [1.29, 1.82) is 0 Å². The lowest BCUT2D eigenvalue weighted by Crippen LogP contribution is -2.57. The van der Waals surface area contributed by atoms with Crippen molar-refractivity contribution in [3.63, 3.8) is 0 Å². The highest BCUT2D eigenvalue weighted by molar-refractivity contribution is 5.79. The van der Waals surface area contributed by atoms with E-state index in [-0.39, 0.29) is 5.41 Å². The molecule has 9 atom stereocenters. The predicted octanol–water partition coefficient (Wildman–Crippen LogP) is 4.86. The van der Waals surface area contributed by atoms with E-state index in [9.17, 15) is 4.79 Å². The van der Waals surface area contributed by atoms with Gasteiger partial charge in [-0.15, -0.1) is 0 Å². The van der Waals surface area contributed by atoms with Crippen LogP contribution in [0.5, 0.6) is 0 Å². The van der Waals surface area contributed by atoms with Crippen LogP contribution in [0, 0.1) is 45.8 Å². The van der Waals surface area contributed by atoms with E-state index in [1.54, 1.807) is 0 Å². The Labute approximate surface area is 147 Å². The van der Waals surface area contributed by atoms with Gasteiger partial charge in [0.05, 0.1) is 6.10 Å². The minimum Gasteiger partial charge on any atom is -0.381 e. The van der Waals surface area contributed by atoms with Gasteiger partial charge in [-0.05, 0) is 92.8 Å². The highest BCUT2D eigenvalue weighted by Crippen LogP contribution is 2.82. The average Bonchev–Trinajstić information content (AvgIpc) is 3.04. The second kappa shape index (κ2) is 4.67.